The third-order valence-electron chi connectivity index (χ3n) is 6.93. The lowest BCUT2D eigenvalue weighted by atomic mass is 9.97. The Morgan fingerprint density at radius 2 is 1.60 bits per heavy atom. The van der Waals surface area contributed by atoms with Crippen molar-refractivity contribution in [3.05, 3.63) is 83.9 Å². The molecule has 0 spiro atoms. The van der Waals surface area contributed by atoms with Gasteiger partial charge in [0.1, 0.15) is 17.3 Å². The summed E-state index contributed by atoms with van der Waals surface area (Å²) in [4.78, 5) is 23.8. The summed E-state index contributed by atoms with van der Waals surface area (Å²) >= 11 is 0. The zero-order valence-corrected chi connectivity index (χ0v) is 20.2. The van der Waals surface area contributed by atoms with Crippen LogP contribution in [-0.2, 0) is 17.9 Å². The van der Waals surface area contributed by atoms with Crippen LogP contribution in [-0.4, -0.2) is 25.9 Å². The second-order valence-electron chi connectivity index (χ2n) is 9.44. The van der Waals surface area contributed by atoms with E-state index in [0.29, 0.717) is 13.1 Å². The van der Waals surface area contributed by atoms with Crippen LogP contribution in [0.1, 0.15) is 55.5 Å². The van der Waals surface area contributed by atoms with Gasteiger partial charge in [0.15, 0.2) is 0 Å². The molecule has 5 rings (SSSR count). The summed E-state index contributed by atoms with van der Waals surface area (Å²) in [5.74, 6) is 1.84. The van der Waals surface area contributed by atoms with Crippen LogP contribution in [0.15, 0.2) is 71.4 Å². The molecule has 0 saturated heterocycles. The Labute approximate surface area is 206 Å². The number of rotatable bonds is 7. The van der Waals surface area contributed by atoms with Crippen LogP contribution < -0.4 is 0 Å². The number of H-pyrrole nitrogens is 1. The average molecular weight is 469 g/mol. The smallest absolute Gasteiger partial charge is 0.226 e. The van der Waals surface area contributed by atoms with Crippen molar-refractivity contribution in [2.45, 2.75) is 58.5 Å². The molecule has 0 unspecified atom stereocenters. The van der Waals surface area contributed by atoms with E-state index in [1.807, 2.05) is 78.7 Å². The Balaban J connectivity index is 1.44. The second kappa shape index (κ2) is 10.7. The van der Waals surface area contributed by atoms with Gasteiger partial charge in [-0.05, 0) is 19.8 Å². The van der Waals surface area contributed by atoms with E-state index in [0.717, 1.165) is 65.3 Å². The molecule has 2 aromatic carbocycles. The van der Waals surface area contributed by atoms with E-state index < -0.39 is 0 Å². The molecule has 2 aromatic heterocycles. The average Bonchev–Trinajstić information content (AvgIpc) is 3.41. The molecule has 0 atom stereocenters. The minimum atomic E-state index is 0.0642. The van der Waals surface area contributed by atoms with Crippen LogP contribution in [0, 0.1) is 12.8 Å². The highest BCUT2D eigenvalue weighted by Gasteiger charge is 2.28. The van der Waals surface area contributed by atoms with Crippen molar-refractivity contribution in [3.63, 3.8) is 0 Å². The molecular weight excluding hydrogens is 436 g/mol. The van der Waals surface area contributed by atoms with Gasteiger partial charge in [-0.15, -0.1) is 0 Å². The van der Waals surface area contributed by atoms with Crippen molar-refractivity contribution in [1.29, 1.82) is 0 Å². The molecule has 1 N–H and O–H groups in total. The van der Waals surface area contributed by atoms with E-state index in [9.17, 15) is 4.79 Å². The topological polar surface area (TPSA) is 75.0 Å². The Morgan fingerprint density at radius 3 is 2.29 bits per heavy atom. The molecule has 0 radical (unpaired) electrons. The molecule has 180 valence electrons. The number of hydrogen-bond donors (Lipinski definition) is 1. The molecule has 1 aliphatic rings. The molecule has 6 nitrogen and oxygen atoms in total. The number of carbonyl (C=O) groups excluding carboxylic acids is 1. The molecule has 6 heteroatoms. The van der Waals surface area contributed by atoms with Crippen LogP contribution in [0.2, 0.25) is 0 Å². The SMILES string of the molecule is Cc1onc(-c2ccccc2)c1CN(Cc1cnc(-c2ccccc2)[nH]1)C(=O)C1CCCCCC1. The standard InChI is InChI=1S/C29H32N4O2/c1-21-26(27(32-35-21)22-12-8-4-9-13-22)20-33(29(34)24-16-6-2-3-7-17-24)19-25-18-30-28(31-25)23-14-10-5-11-15-23/h4-5,8-15,18,24H,2-3,6-7,16-17,19-20H2,1H3,(H,30,31). The molecule has 4 aromatic rings. The Kier molecular flexibility index (Phi) is 7.07. The highest BCUT2D eigenvalue weighted by molar-refractivity contribution is 5.79. The van der Waals surface area contributed by atoms with Gasteiger partial charge < -0.3 is 14.4 Å². The van der Waals surface area contributed by atoms with Crippen LogP contribution in [0.4, 0.5) is 0 Å². The van der Waals surface area contributed by atoms with Gasteiger partial charge in [-0.3, -0.25) is 4.79 Å². The molecule has 1 amide bonds. The number of amides is 1. The van der Waals surface area contributed by atoms with E-state index >= 15 is 0 Å². The Hall–Kier alpha value is -3.67. The first-order chi connectivity index (χ1) is 17.2. The first-order valence-electron chi connectivity index (χ1n) is 12.6. The number of nitrogens with one attached hydrogen (secondary N) is 1. The van der Waals surface area contributed by atoms with Gasteiger partial charge in [-0.25, -0.2) is 4.98 Å². The van der Waals surface area contributed by atoms with Crippen molar-refractivity contribution >= 4 is 5.91 Å². The largest absolute Gasteiger partial charge is 0.361 e. The number of carbonyl (C=O) groups is 1. The molecule has 1 saturated carbocycles. The van der Waals surface area contributed by atoms with E-state index in [1.54, 1.807) is 0 Å². The van der Waals surface area contributed by atoms with Gasteiger partial charge in [-0.2, -0.15) is 0 Å². The highest BCUT2D eigenvalue weighted by atomic mass is 16.5. The number of hydrogen-bond acceptors (Lipinski definition) is 4. The molecular formula is C29H32N4O2. The van der Waals surface area contributed by atoms with E-state index in [4.69, 9.17) is 4.52 Å². The number of imidazole rings is 1. The van der Waals surface area contributed by atoms with Gasteiger partial charge in [-0.1, -0.05) is 91.5 Å². The van der Waals surface area contributed by atoms with E-state index in [2.05, 4.69) is 15.1 Å². The lowest BCUT2D eigenvalue weighted by Crippen LogP contribution is -2.35. The zero-order valence-electron chi connectivity index (χ0n) is 20.2. The summed E-state index contributed by atoms with van der Waals surface area (Å²) in [6.07, 6.45) is 8.43. The predicted molar refractivity (Wildman–Crippen MR) is 136 cm³/mol. The fourth-order valence-corrected chi connectivity index (χ4v) is 4.98. The number of aryl methyl sites for hydroxylation is 1. The zero-order chi connectivity index (χ0) is 24.0. The first-order valence-corrected chi connectivity index (χ1v) is 12.6. The van der Waals surface area contributed by atoms with Gasteiger partial charge in [0.2, 0.25) is 5.91 Å². The monoisotopic (exact) mass is 468 g/mol. The number of aromatic nitrogens is 3. The van der Waals surface area contributed by atoms with Crippen molar-refractivity contribution < 1.29 is 9.32 Å². The third kappa shape index (κ3) is 5.37. The fourth-order valence-electron chi connectivity index (χ4n) is 4.98. The minimum absolute atomic E-state index is 0.0642. The Bertz CT molecular complexity index is 1240. The third-order valence-corrected chi connectivity index (χ3v) is 6.93. The highest BCUT2D eigenvalue weighted by Crippen LogP contribution is 2.30. The lowest BCUT2D eigenvalue weighted by Gasteiger charge is -2.27. The molecule has 0 bridgehead atoms. The quantitative estimate of drug-likeness (QED) is 0.313. The van der Waals surface area contributed by atoms with E-state index in [-0.39, 0.29) is 11.8 Å². The maximum atomic E-state index is 13.9. The number of benzene rings is 2. The van der Waals surface area contributed by atoms with E-state index in [1.165, 1.54) is 12.8 Å². The van der Waals surface area contributed by atoms with Crippen LogP contribution >= 0.6 is 0 Å². The van der Waals surface area contributed by atoms with Crippen LogP contribution in [0.3, 0.4) is 0 Å². The summed E-state index contributed by atoms with van der Waals surface area (Å²) in [7, 11) is 0. The normalized spacial score (nSPS) is 14.5. The summed E-state index contributed by atoms with van der Waals surface area (Å²) < 4.78 is 5.60. The molecule has 2 heterocycles. The Morgan fingerprint density at radius 1 is 0.943 bits per heavy atom. The van der Waals surface area contributed by atoms with Crippen molar-refractivity contribution in [3.8, 4) is 22.6 Å². The first kappa shape index (κ1) is 23.1. The summed E-state index contributed by atoms with van der Waals surface area (Å²) in [6.45, 7) is 2.84. The van der Waals surface area contributed by atoms with Gasteiger partial charge in [0.05, 0.1) is 25.0 Å². The van der Waals surface area contributed by atoms with Gasteiger partial charge in [0, 0.05) is 22.6 Å². The lowest BCUT2D eigenvalue weighted by molar-refractivity contribution is -0.137. The fraction of sp³-hybridized carbons (Fsp3) is 0.345. The molecule has 1 aliphatic carbocycles. The second-order valence-corrected chi connectivity index (χ2v) is 9.44. The molecule has 0 aliphatic heterocycles. The maximum absolute atomic E-state index is 13.9. The van der Waals surface area contributed by atoms with Crippen molar-refractivity contribution in [2.24, 2.45) is 5.92 Å². The minimum Gasteiger partial charge on any atom is -0.361 e. The summed E-state index contributed by atoms with van der Waals surface area (Å²) in [6, 6.07) is 20.1. The van der Waals surface area contributed by atoms with Crippen molar-refractivity contribution in [2.75, 3.05) is 0 Å². The van der Waals surface area contributed by atoms with Crippen LogP contribution in [0.5, 0.6) is 0 Å². The summed E-state index contributed by atoms with van der Waals surface area (Å²) in [5, 5.41) is 4.34. The maximum Gasteiger partial charge on any atom is 0.226 e. The molecule has 1 fully saturated rings. The summed E-state index contributed by atoms with van der Waals surface area (Å²) in [5.41, 5.74) is 4.70. The number of aromatic amines is 1. The molecule has 35 heavy (non-hydrogen) atoms. The number of nitrogens with zero attached hydrogens (tertiary/aromatic N) is 3. The predicted octanol–water partition coefficient (Wildman–Crippen LogP) is 6.54. The van der Waals surface area contributed by atoms with Gasteiger partial charge in [0.25, 0.3) is 0 Å². The van der Waals surface area contributed by atoms with Crippen molar-refractivity contribution in [1.82, 2.24) is 20.0 Å². The van der Waals surface area contributed by atoms with Gasteiger partial charge >= 0.3 is 0 Å². The van der Waals surface area contributed by atoms with Crippen LogP contribution in [0.25, 0.3) is 22.6 Å².